The van der Waals surface area contributed by atoms with Crippen LogP contribution in [-0.4, -0.2) is 50.3 Å². The van der Waals surface area contributed by atoms with E-state index in [1.807, 2.05) is 12.1 Å². The fourth-order valence-electron chi connectivity index (χ4n) is 3.48. The third-order valence-corrected chi connectivity index (χ3v) is 5.39. The van der Waals surface area contributed by atoms with E-state index in [0.29, 0.717) is 13.2 Å². The van der Waals surface area contributed by atoms with E-state index in [9.17, 15) is 8.42 Å². The molecule has 7 heteroatoms. The van der Waals surface area contributed by atoms with Gasteiger partial charge in [-0.2, -0.15) is 8.42 Å². The topological polar surface area (TPSA) is 76.1 Å². The molecule has 0 aliphatic carbocycles. The Morgan fingerprint density at radius 2 is 1.81 bits per heavy atom. The van der Waals surface area contributed by atoms with Gasteiger partial charge < -0.3 is 4.74 Å². The summed E-state index contributed by atoms with van der Waals surface area (Å²) >= 11 is 0. The molecule has 1 heterocycles. The molecule has 0 amide bonds. The molecular weight excluding hydrogens is 366 g/mol. The SMILES string of the molecule is CCCCCCCCOCC(CN1CCc2ccccc2C1)OS(=O)(=O)O. The quantitative estimate of drug-likeness (QED) is 0.403. The molecule has 0 fully saturated rings. The first-order chi connectivity index (χ1) is 13.0. The summed E-state index contributed by atoms with van der Waals surface area (Å²) in [5, 5.41) is 0. The van der Waals surface area contributed by atoms with E-state index in [0.717, 1.165) is 32.4 Å². The van der Waals surface area contributed by atoms with Crippen LogP contribution in [0.4, 0.5) is 0 Å². The van der Waals surface area contributed by atoms with Gasteiger partial charge in [0.25, 0.3) is 0 Å². The van der Waals surface area contributed by atoms with Gasteiger partial charge in [0, 0.05) is 26.2 Å². The van der Waals surface area contributed by atoms with Crippen molar-refractivity contribution in [3.63, 3.8) is 0 Å². The van der Waals surface area contributed by atoms with E-state index in [1.165, 1.54) is 36.8 Å². The van der Waals surface area contributed by atoms with Crippen LogP contribution in [0.2, 0.25) is 0 Å². The second kappa shape index (κ2) is 11.8. The average molecular weight is 400 g/mol. The normalized spacial score (nSPS) is 16.2. The zero-order valence-corrected chi connectivity index (χ0v) is 17.1. The molecule has 1 unspecified atom stereocenters. The van der Waals surface area contributed by atoms with Crippen LogP contribution < -0.4 is 0 Å². The Morgan fingerprint density at radius 1 is 1.11 bits per heavy atom. The molecule has 0 saturated heterocycles. The first-order valence-electron chi connectivity index (χ1n) is 10.0. The Hall–Kier alpha value is -0.990. The maximum atomic E-state index is 11.2. The zero-order chi connectivity index (χ0) is 19.5. The molecule has 0 spiro atoms. The second-order valence-electron chi connectivity index (χ2n) is 7.24. The summed E-state index contributed by atoms with van der Waals surface area (Å²) in [7, 11) is -4.50. The van der Waals surface area contributed by atoms with Crippen molar-refractivity contribution in [3.8, 4) is 0 Å². The molecule has 154 valence electrons. The predicted molar refractivity (Wildman–Crippen MR) is 106 cm³/mol. The van der Waals surface area contributed by atoms with Gasteiger partial charge in [-0.25, -0.2) is 4.18 Å². The third kappa shape index (κ3) is 9.17. The van der Waals surface area contributed by atoms with Gasteiger partial charge in [-0.3, -0.25) is 9.45 Å². The van der Waals surface area contributed by atoms with Gasteiger partial charge in [0.05, 0.1) is 6.61 Å². The largest absolute Gasteiger partial charge is 0.397 e. The lowest BCUT2D eigenvalue weighted by Crippen LogP contribution is -2.40. The lowest BCUT2D eigenvalue weighted by Gasteiger charge is -2.31. The molecular formula is C20H33NO5S. The minimum absolute atomic E-state index is 0.160. The van der Waals surface area contributed by atoms with E-state index >= 15 is 0 Å². The number of benzene rings is 1. The van der Waals surface area contributed by atoms with Gasteiger partial charge in [0.2, 0.25) is 0 Å². The molecule has 6 nitrogen and oxygen atoms in total. The zero-order valence-electron chi connectivity index (χ0n) is 16.3. The van der Waals surface area contributed by atoms with Crippen LogP contribution in [0, 0.1) is 0 Å². The summed E-state index contributed by atoms with van der Waals surface area (Å²) in [5.41, 5.74) is 2.59. The highest BCUT2D eigenvalue weighted by Crippen LogP contribution is 2.19. The smallest absolute Gasteiger partial charge is 0.379 e. The Kier molecular flexibility index (Phi) is 9.72. The summed E-state index contributed by atoms with van der Waals surface area (Å²) in [5.74, 6) is 0. The molecule has 0 bridgehead atoms. The highest BCUT2D eigenvalue weighted by molar-refractivity contribution is 7.80. The molecule has 0 saturated carbocycles. The Bertz CT molecular complexity index is 650. The first kappa shape index (κ1) is 22.3. The monoisotopic (exact) mass is 399 g/mol. The van der Waals surface area contributed by atoms with Crippen molar-refractivity contribution < 1.29 is 21.9 Å². The molecule has 0 radical (unpaired) electrons. The first-order valence-corrected chi connectivity index (χ1v) is 11.4. The maximum Gasteiger partial charge on any atom is 0.397 e. The van der Waals surface area contributed by atoms with Gasteiger partial charge in [0.1, 0.15) is 6.10 Å². The predicted octanol–water partition coefficient (Wildman–Crippen LogP) is 3.61. The molecule has 1 N–H and O–H groups in total. The highest BCUT2D eigenvalue weighted by atomic mass is 32.3. The molecule has 1 aliphatic rings. The van der Waals surface area contributed by atoms with Crippen molar-refractivity contribution in [1.82, 2.24) is 4.90 Å². The molecule has 1 aliphatic heterocycles. The van der Waals surface area contributed by atoms with Crippen molar-refractivity contribution >= 4 is 10.4 Å². The maximum absolute atomic E-state index is 11.2. The highest BCUT2D eigenvalue weighted by Gasteiger charge is 2.23. The lowest BCUT2D eigenvalue weighted by atomic mass is 10.00. The Morgan fingerprint density at radius 3 is 2.56 bits per heavy atom. The van der Waals surface area contributed by atoms with Crippen molar-refractivity contribution in [2.45, 2.75) is 64.5 Å². The number of ether oxygens (including phenoxy) is 1. The number of hydrogen-bond acceptors (Lipinski definition) is 5. The van der Waals surface area contributed by atoms with Crippen LogP contribution in [0.1, 0.15) is 56.6 Å². The minimum atomic E-state index is -4.50. The van der Waals surface area contributed by atoms with E-state index in [-0.39, 0.29) is 6.61 Å². The molecule has 1 atom stereocenters. The fourth-order valence-corrected chi connectivity index (χ4v) is 3.94. The van der Waals surface area contributed by atoms with Crippen molar-refractivity contribution in [1.29, 1.82) is 0 Å². The molecule has 0 aromatic heterocycles. The standard InChI is InChI=1S/C20H33NO5S/c1-2-3-4-5-6-9-14-25-17-20(26-27(22,23)24)16-21-13-12-18-10-7-8-11-19(18)15-21/h7-8,10-11,20H,2-6,9,12-17H2,1H3,(H,22,23,24). The van der Waals surface area contributed by atoms with Crippen molar-refractivity contribution in [3.05, 3.63) is 35.4 Å². The molecule has 1 aromatic carbocycles. The third-order valence-electron chi connectivity index (χ3n) is 4.88. The van der Waals surface area contributed by atoms with Crippen LogP contribution in [0.3, 0.4) is 0 Å². The van der Waals surface area contributed by atoms with Crippen LogP contribution in [0.15, 0.2) is 24.3 Å². The Labute approximate surface area is 163 Å². The van der Waals surface area contributed by atoms with Gasteiger partial charge in [-0.05, 0) is 24.0 Å². The van der Waals surface area contributed by atoms with E-state index in [4.69, 9.17) is 13.5 Å². The van der Waals surface area contributed by atoms with Crippen LogP contribution in [0.5, 0.6) is 0 Å². The average Bonchev–Trinajstić information content (AvgIpc) is 2.62. The number of fused-ring (bicyclic) bond motifs is 1. The number of nitrogens with zero attached hydrogens (tertiary/aromatic N) is 1. The van der Waals surface area contributed by atoms with E-state index < -0.39 is 16.5 Å². The van der Waals surface area contributed by atoms with Crippen LogP contribution in [-0.2, 0) is 32.3 Å². The van der Waals surface area contributed by atoms with Gasteiger partial charge in [-0.15, -0.1) is 0 Å². The molecule has 1 aromatic rings. The van der Waals surface area contributed by atoms with Crippen LogP contribution >= 0.6 is 0 Å². The summed E-state index contributed by atoms with van der Waals surface area (Å²) in [6, 6.07) is 8.27. The van der Waals surface area contributed by atoms with Crippen molar-refractivity contribution in [2.75, 3.05) is 26.3 Å². The van der Waals surface area contributed by atoms with Gasteiger partial charge >= 0.3 is 10.4 Å². The lowest BCUT2D eigenvalue weighted by molar-refractivity contribution is 0.0240. The summed E-state index contributed by atoms with van der Waals surface area (Å²) in [6.07, 6.45) is 7.25. The molecule has 2 rings (SSSR count). The number of rotatable bonds is 13. The Balaban J connectivity index is 1.75. The minimum Gasteiger partial charge on any atom is -0.379 e. The van der Waals surface area contributed by atoms with E-state index in [1.54, 1.807) is 0 Å². The number of hydrogen-bond donors (Lipinski definition) is 1. The summed E-state index contributed by atoms with van der Waals surface area (Å²) in [6.45, 7) is 4.93. The van der Waals surface area contributed by atoms with Crippen LogP contribution in [0.25, 0.3) is 0 Å². The van der Waals surface area contributed by atoms with Gasteiger partial charge in [0.15, 0.2) is 0 Å². The fraction of sp³-hybridized carbons (Fsp3) is 0.700. The molecule has 27 heavy (non-hydrogen) atoms. The summed E-state index contributed by atoms with van der Waals surface area (Å²) in [4.78, 5) is 2.15. The van der Waals surface area contributed by atoms with Crippen molar-refractivity contribution in [2.24, 2.45) is 0 Å². The van der Waals surface area contributed by atoms with Gasteiger partial charge in [-0.1, -0.05) is 63.3 Å². The number of unbranched alkanes of at least 4 members (excludes halogenated alkanes) is 5. The second-order valence-corrected chi connectivity index (χ2v) is 8.29. The summed E-state index contributed by atoms with van der Waals surface area (Å²) < 4.78 is 41.9. The van der Waals surface area contributed by atoms with E-state index in [2.05, 4.69) is 24.0 Å².